The van der Waals surface area contributed by atoms with Gasteiger partial charge in [-0.15, -0.1) is 0 Å². The summed E-state index contributed by atoms with van der Waals surface area (Å²) in [6, 6.07) is 0. The first-order valence-corrected chi connectivity index (χ1v) is 11.6. The number of esters is 1. The average molecular weight is 417 g/mol. The van der Waals surface area contributed by atoms with Crippen LogP contribution in [0.1, 0.15) is 85.0 Å². The van der Waals surface area contributed by atoms with Crippen molar-refractivity contribution in [2.75, 3.05) is 13.7 Å². The van der Waals surface area contributed by atoms with Crippen LogP contribution in [0.25, 0.3) is 0 Å². The lowest BCUT2D eigenvalue weighted by Crippen LogP contribution is -2.41. The Morgan fingerprint density at radius 1 is 0.700 bits per heavy atom. The monoisotopic (exact) mass is 416 g/mol. The van der Waals surface area contributed by atoms with E-state index in [0.29, 0.717) is 19.4 Å². The van der Waals surface area contributed by atoms with E-state index in [2.05, 4.69) is 67.7 Å². The quantitative estimate of drug-likeness (QED) is 0.131. The number of unbranched alkanes of at least 4 members (excludes halogenated alkanes) is 2. The SMILES string of the molecule is CCC=CCC=CCC=CCC=CCC=CCCCCOC(CC)(CC)C(=O)OC. The Hall–Kier alpha value is -1.87. The Morgan fingerprint density at radius 2 is 1.17 bits per heavy atom. The molecule has 3 heteroatoms. The number of carbonyl (C=O) groups excluding carboxylic acids is 1. The van der Waals surface area contributed by atoms with Crippen molar-refractivity contribution in [3.63, 3.8) is 0 Å². The predicted octanol–water partition coefficient (Wildman–Crippen LogP) is 7.66. The summed E-state index contributed by atoms with van der Waals surface area (Å²) in [6.07, 6.45) is 31.6. The summed E-state index contributed by atoms with van der Waals surface area (Å²) in [5.41, 5.74) is -0.772. The van der Waals surface area contributed by atoms with E-state index in [4.69, 9.17) is 9.47 Å². The topological polar surface area (TPSA) is 35.5 Å². The molecule has 0 aromatic heterocycles. The normalized spacial score (nSPS) is 13.1. The molecule has 0 spiro atoms. The van der Waals surface area contributed by atoms with Gasteiger partial charge in [0.25, 0.3) is 0 Å². The molecule has 0 amide bonds. The van der Waals surface area contributed by atoms with Crippen LogP contribution >= 0.6 is 0 Å². The molecule has 0 saturated carbocycles. The van der Waals surface area contributed by atoms with Crippen molar-refractivity contribution in [3.8, 4) is 0 Å². The first-order chi connectivity index (χ1) is 14.7. The number of methoxy groups -OCH3 is 1. The van der Waals surface area contributed by atoms with Gasteiger partial charge < -0.3 is 9.47 Å². The molecular formula is C27H44O3. The van der Waals surface area contributed by atoms with Crippen LogP contribution in [0, 0.1) is 0 Å². The molecule has 0 bridgehead atoms. The molecular weight excluding hydrogens is 372 g/mol. The first kappa shape index (κ1) is 28.1. The molecule has 0 aromatic rings. The van der Waals surface area contributed by atoms with E-state index in [1.807, 2.05) is 13.8 Å². The minimum Gasteiger partial charge on any atom is -0.467 e. The molecule has 0 heterocycles. The fourth-order valence-corrected chi connectivity index (χ4v) is 2.99. The molecule has 0 unspecified atom stereocenters. The molecule has 0 atom stereocenters. The fourth-order valence-electron chi connectivity index (χ4n) is 2.99. The van der Waals surface area contributed by atoms with Crippen molar-refractivity contribution in [3.05, 3.63) is 60.8 Å². The lowest BCUT2D eigenvalue weighted by Gasteiger charge is -2.28. The van der Waals surface area contributed by atoms with Crippen molar-refractivity contribution in [1.29, 1.82) is 0 Å². The molecule has 0 aliphatic carbocycles. The zero-order valence-electron chi connectivity index (χ0n) is 19.8. The third kappa shape index (κ3) is 14.2. The average Bonchev–Trinajstić information content (AvgIpc) is 2.77. The van der Waals surface area contributed by atoms with Crippen molar-refractivity contribution in [1.82, 2.24) is 0 Å². The van der Waals surface area contributed by atoms with Crippen LogP contribution in [0.2, 0.25) is 0 Å². The number of carbonyl (C=O) groups is 1. The molecule has 30 heavy (non-hydrogen) atoms. The standard InChI is InChI=1S/C27H44O3/c1-5-8-9-10-11-12-13-14-15-16-17-18-19-20-21-22-23-24-25-30-27(6-2,7-3)26(28)29-4/h8-9,11-12,14-15,17-18,20-21H,5-7,10,13,16,19,22-25H2,1-4H3. The highest BCUT2D eigenvalue weighted by Gasteiger charge is 2.36. The summed E-state index contributed by atoms with van der Waals surface area (Å²) >= 11 is 0. The van der Waals surface area contributed by atoms with E-state index in [-0.39, 0.29) is 5.97 Å². The van der Waals surface area contributed by atoms with E-state index in [0.717, 1.165) is 51.4 Å². The van der Waals surface area contributed by atoms with Gasteiger partial charge in [-0.3, -0.25) is 0 Å². The zero-order valence-corrected chi connectivity index (χ0v) is 19.8. The molecule has 3 nitrogen and oxygen atoms in total. The van der Waals surface area contributed by atoms with Gasteiger partial charge in [0.05, 0.1) is 7.11 Å². The molecule has 0 aliphatic heterocycles. The fraction of sp³-hybridized carbons (Fsp3) is 0.593. The Balaban J connectivity index is 3.74. The van der Waals surface area contributed by atoms with Gasteiger partial charge in [0, 0.05) is 6.61 Å². The maximum absolute atomic E-state index is 11.9. The number of hydrogen-bond donors (Lipinski definition) is 0. The van der Waals surface area contributed by atoms with Crippen molar-refractivity contribution in [2.45, 2.75) is 90.6 Å². The van der Waals surface area contributed by atoms with Gasteiger partial charge in [-0.1, -0.05) is 81.5 Å². The largest absolute Gasteiger partial charge is 0.467 e. The minimum absolute atomic E-state index is 0.259. The Kier molecular flexibility index (Phi) is 19.1. The molecule has 0 radical (unpaired) electrons. The van der Waals surface area contributed by atoms with Crippen LogP contribution in [0.3, 0.4) is 0 Å². The second-order valence-corrected chi connectivity index (χ2v) is 7.25. The van der Waals surface area contributed by atoms with Gasteiger partial charge in [-0.2, -0.15) is 0 Å². The molecule has 0 N–H and O–H groups in total. The van der Waals surface area contributed by atoms with E-state index >= 15 is 0 Å². The lowest BCUT2D eigenvalue weighted by molar-refractivity contribution is -0.171. The van der Waals surface area contributed by atoms with Crippen molar-refractivity contribution < 1.29 is 14.3 Å². The summed E-state index contributed by atoms with van der Waals surface area (Å²) in [5, 5.41) is 0. The lowest BCUT2D eigenvalue weighted by atomic mass is 9.97. The molecule has 170 valence electrons. The van der Waals surface area contributed by atoms with Gasteiger partial charge in [0.15, 0.2) is 5.60 Å². The molecule has 0 aromatic carbocycles. The number of rotatable bonds is 18. The summed E-state index contributed by atoms with van der Waals surface area (Å²) in [7, 11) is 1.42. The van der Waals surface area contributed by atoms with Gasteiger partial charge >= 0.3 is 5.97 Å². The van der Waals surface area contributed by atoms with E-state index in [1.165, 1.54) is 7.11 Å². The van der Waals surface area contributed by atoms with Crippen LogP contribution in [0.5, 0.6) is 0 Å². The van der Waals surface area contributed by atoms with Crippen LogP contribution < -0.4 is 0 Å². The highest BCUT2D eigenvalue weighted by Crippen LogP contribution is 2.22. The minimum atomic E-state index is -0.772. The molecule has 0 fully saturated rings. The van der Waals surface area contributed by atoms with Gasteiger partial charge in [-0.25, -0.2) is 4.79 Å². The van der Waals surface area contributed by atoms with E-state index < -0.39 is 5.60 Å². The van der Waals surface area contributed by atoms with E-state index in [1.54, 1.807) is 0 Å². The first-order valence-electron chi connectivity index (χ1n) is 11.6. The van der Waals surface area contributed by atoms with Crippen LogP contribution in [0.4, 0.5) is 0 Å². The predicted molar refractivity (Wildman–Crippen MR) is 130 cm³/mol. The highest BCUT2D eigenvalue weighted by molar-refractivity contribution is 5.79. The van der Waals surface area contributed by atoms with Gasteiger partial charge in [-0.05, 0) is 64.2 Å². The molecule has 0 aliphatic rings. The van der Waals surface area contributed by atoms with Crippen LogP contribution in [0.15, 0.2) is 60.8 Å². The second kappa shape index (κ2) is 20.4. The third-order valence-electron chi connectivity index (χ3n) is 5.00. The number of hydrogen-bond acceptors (Lipinski definition) is 3. The molecule has 0 rings (SSSR count). The third-order valence-corrected chi connectivity index (χ3v) is 5.00. The number of ether oxygens (including phenoxy) is 2. The number of allylic oxidation sites excluding steroid dienone is 10. The summed E-state index contributed by atoms with van der Waals surface area (Å²) in [6.45, 7) is 6.69. The van der Waals surface area contributed by atoms with E-state index in [9.17, 15) is 4.79 Å². The Morgan fingerprint density at radius 3 is 1.60 bits per heavy atom. The van der Waals surface area contributed by atoms with Crippen LogP contribution in [-0.2, 0) is 14.3 Å². The van der Waals surface area contributed by atoms with Crippen LogP contribution in [-0.4, -0.2) is 25.3 Å². The summed E-state index contributed by atoms with van der Waals surface area (Å²) < 4.78 is 10.8. The van der Waals surface area contributed by atoms with Gasteiger partial charge in [0.2, 0.25) is 0 Å². The maximum Gasteiger partial charge on any atom is 0.338 e. The second-order valence-electron chi connectivity index (χ2n) is 7.25. The maximum atomic E-state index is 11.9. The summed E-state index contributed by atoms with van der Waals surface area (Å²) in [4.78, 5) is 11.9. The Bertz CT molecular complexity index is 548. The van der Waals surface area contributed by atoms with Gasteiger partial charge in [0.1, 0.15) is 0 Å². The van der Waals surface area contributed by atoms with Crippen molar-refractivity contribution in [2.24, 2.45) is 0 Å². The Labute approximate surface area is 185 Å². The highest BCUT2D eigenvalue weighted by atomic mass is 16.6. The summed E-state index contributed by atoms with van der Waals surface area (Å²) in [5.74, 6) is -0.259. The smallest absolute Gasteiger partial charge is 0.338 e. The van der Waals surface area contributed by atoms with Crippen molar-refractivity contribution >= 4 is 5.97 Å². The zero-order chi connectivity index (χ0) is 22.3. The molecule has 0 saturated heterocycles.